The number of rotatable bonds is 5. The van der Waals surface area contributed by atoms with Crippen molar-refractivity contribution in [1.82, 2.24) is 0 Å². The van der Waals surface area contributed by atoms with Crippen LogP contribution in [0.25, 0.3) is 0 Å². The molecule has 1 atom stereocenters. The molecule has 0 amide bonds. The second-order valence-electron chi connectivity index (χ2n) is 4.59. The zero-order chi connectivity index (χ0) is 14.5. The molecular formula is C16H18ClNOS. The van der Waals surface area contributed by atoms with Crippen molar-refractivity contribution in [3.05, 3.63) is 58.6 Å². The van der Waals surface area contributed by atoms with Crippen molar-refractivity contribution in [3.8, 4) is 5.75 Å². The van der Waals surface area contributed by atoms with Crippen LogP contribution in [0.4, 0.5) is 0 Å². The number of hydrogen-bond acceptors (Lipinski definition) is 3. The first-order valence-corrected chi connectivity index (χ1v) is 7.75. The summed E-state index contributed by atoms with van der Waals surface area (Å²) in [5, 5.41) is 0.765. The Balaban J connectivity index is 2.11. The highest BCUT2D eigenvalue weighted by molar-refractivity contribution is 7.99. The smallest absolute Gasteiger partial charge is 0.123 e. The number of halogens is 1. The maximum Gasteiger partial charge on any atom is 0.123 e. The summed E-state index contributed by atoms with van der Waals surface area (Å²) in [4.78, 5) is 1.05. The Bertz CT molecular complexity index is 588. The first-order valence-electron chi connectivity index (χ1n) is 6.39. The number of thioether (sulfide) groups is 1. The summed E-state index contributed by atoms with van der Waals surface area (Å²) in [5.41, 5.74) is 8.51. The van der Waals surface area contributed by atoms with Crippen LogP contribution in [0.15, 0.2) is 47.4 Å². The van der Waals surface area contributed by atoms with E-state index < -0.39 is 0 Å². The molecule has 0 fully saturated rings. The van der Waals surface area contributed by atoms with Gasteiger partial charge in [-0.3, -0.25) is 0 Å². The summed E-state index contributed by atoms with van der Waals surface area (Å²) in [6, 6.07) is 13.8. The number of aryl methyl sites for hydroxylation is 1. The van der Waals surface area contributed by atoms with Crippen molar-refractivity contribution in [2.75, 3.05) is 12.9 Å². The minimum atomic E-state index is -0.0916. The van der Waals surface area contributed by atoms with Crippen LogP contribution in [0.5, 0.6) is 5.75 Å². The van der Waals surface area contributed by atoms with Crippen LogP contribution >= 0.6 is 23.4 Å². The van der Waals surface area contributed by atoms with Gasteiger partial charge < -0.3 is 10.5 Å². The molecule has 0 saturated carbocycles. The van der Waals surface area contributed by atoms with E-state index in [1.54, 1.807) is 18.9 Å². The van der Waals surface area contributed by atoms with E-state index in [9.17, 15) is 0 Å². The quantitative estimate of drug-likeness (QED) is 0.829. The molecule has 0 heterocycles. The van der Waals surface area contributed by atoms with E-state index in [4.69, 9.17) is 22.1 Å². The molecule has 0 spiro atoms. The second kappa shape index (κ2) is 7.02. The number of hydrogen-bond donors (Lipinski definition) is 1. The lowest BCUT2D eigenvalue weighted by Gasteiger charge is -2.16. The Labute approximate surface area is 129 Å². The van der Waals surface area contributed by atoms with Gasteiger partial charge in [0, 0.05) is 22.3 Å². The third-order valence-corrected chi connectivity index (χ3v) is 4.67. The summed E-state index contributed by atoms with van der Waals surface area (Å²) < 4.78 is 5.38. The SMILES string of the molecule is COc1ccc(C)cc1C(N)CSc1ccccc1Cl. The average Bonchev–Trinajstić information content (AvgIpc) is 2.46. The predicted molar refractivity (Wildman–Crippen MR) is 86.8 cm³/mol. The Kier molecular flexibility index (Phi) is 5.35. The summed E-state index contributed by atoms with van der Waals surface area (Å²) in [6.45, 7) is 2.05. The molecular weight excluding hydrogens is 290 g/mol. The molecule has 0 aliphatic carbocycles. The molecule has 4 heteroatoms. The minimum Gasteiger partial charge on any atom is -0.496 e. The van der Waals surface area contributed by atoms with Crippen molar-refractivity contribution in [2.24, 2.45) is 5.73 Å². The van der Waals surface area contributed by atoms with E-state index in [0.29, 0.717) is 0 Å². The zero-order valence-electron chi connectivity index (χ0n) is 11.6. The topological polar surface area (TPSA) is 35.2 Å². The van der Waals surface area contributed by atoms with Gasteiger partial charge in [-0.2, -0.15) is 0 Å². The Hall–Kier alpha value is -1.16. The largest absolute Gasteiger partial charge is 0.496 e. The van der Waals surface area contributed by atoms with Crippen LogP contribution in [-0.4, -0.2) is 12.9 Å². The highest BCUT2D eigenvalue weighted by Crippen LogP contribution is 2.32. The van der Waals surface area contributed by atoms with Crippen LogP contribution in [-0.2, 0) is 0 Å². The number of nitrogens with two attached hydrogens (primary N) is 1. The van der Waals surface area contributed by atoms with E-state index in [2.05, 4.69) is 13.0 Å². The summed E-state index contributed by atoms with van der Waals surface area (Å²) in [6.07, 6.45) is 0. The van der Waals surface area contributed by atoms with Crippen molar-refractivity contribution >= 4 is 23.4 Å². The van der Waals surface area contributed by atoms with Crippen LogP contribution in [0.3, 0.4) is 0 Å². The normalized spacial score (nSPS) is 12.2. The molecule has 0 saturated heterocycles. The molecule has 2 N–H and O–H groups in total. The zero-order valence-corrected chi connectivity index (χ0v) is 13.2. The van der Waals surface area contributed by atoms with Crippen LogP contribution < -0.4 is 10.5 Å². The van der Waals surface area contributed by atoms with Gasteiger partial charge in [0.15, 0.2) is 0 Å². The minimum absolute atomic E-state index is 0.0916. The molecule has 20 heavy (non-hydrogen) atoms. The average molecular weight is 308 g/mol. The first kappa shape index (κ1) is 15.2. The molecule has 2 aromatic carbocycles. The lowest BCUT2D eigenvalue weighted by molar-refractivity contribution is 0.407. The molecule has 2 aromatic rings. The van der Waals surface area contributed by atoms with E-state index in [1.165, 1.54) is 5.56 Å². The molecule has 2 rings (SSSR count). The van der Waals surface area contributed by atoms with Crippen molar-refractivity contribution in [1.29, 1.82) is 0 Å². The number of methoxy groups -OCH3 is 1. The number of ether oxygens (including phenoxy) is 1. The van der Waals surface area contributed by atoms with Gasteiger partial charge in [0.2, 0.25) is 0 Å². The van der Waals surface area contributed by atoms with Crippen molar-refractivity contribution in [3.63, 3.8) is 0 Å². The maximum absolute atomic E-state index is 6.29. The van der Waals surface area contributed by atoms with Gasteiger partial charge in [-0.25, -0.2) is 0 Å². The van der Waals surface area contributed by atoms with Gasteiger partial charge in [0.05, 0.1) is 12.1 Å². The number of benzene rings is 2. The van der Waals surface area contributed by atoms with E-state index in [0.717, 1.165) is 27.0 Å². The fourth-order valence-electron chi connectivity index (χ4n) is 1.97. The first-order chi connectivity index (χ1) is 9.61. The highest BCUT2D eigenvalue weighted by atomic mass is 35.5. The third-order valence-electron chi connectivity index (χ3n) is 3.04. The maximum atomic E-state index is 6.29. The fraction of sp³-hybridized carbons (Fsp3) is 0.250. The molecule has 0 radical (unpaired) electrons. The summed E-state index contributed by atoms with van der Waals surface area (Å²) in [7, 11) is 1.67. The molecule has 0 aromatic heterocycles. The fourth-order valence-corrected chi connectivity index (χ4v) is 3.19. The highest BCUT2D eigenvalue weighted by Gasteiger charge is 2.13. The standard InChI is InChI=1S/C16H18ClNOS/c1-11-7-8-15(19-2)12(9-11)14(18)10-20-16-6-4-3-5-13(16)17/h3-9,14H,10,18H2,1-2H3. The van der Waals surface area contributed by atoms with E-state index in [-0.39, 0.29) is 6.04 Å². The Morgan fingerprint density at radius 2 is 2.00 bits per heavy atom. The summed E-state index contributed by atoms with van der Waals surface area (Å²) >= 11 is 7.81. The Morgan fingerprint density at radius 3 is 2.70 bits per heavy atom. The van der Waals surface area contributed by atoms with Crippen LogP contribution in [0.2, 0.25) is 5.02 Å². The third kappa shape index (κ3) is 3.69. The lowest BCUT2D eigenvalue weighted by Crippen LogP contribution is -2.14. The molecule has 1 unspecified atom stereocenters. The second-order valence-corrected chi connectivity index (χ2v) is 6.06. The van der Waals surface area contributed by atoms with Gasteiger partial charge in [-0.15, -0.1) is 11.8 Å². The monoisotopic (exact) mass is 307 g/mol. The molecule has 2 nitrogen and oxygen atoms in total. The predicted octanol–water partition coefficient (Wildman–Crippen LogP) is 4.45. The van der Waals surface area contributed by atoms with E-state index >= 15 is 0 Å². The van der Waals surface area contributed by atoms with Gasteiger partial charge in [-0.05, 0) is 25.1 Å². The molecule has 106 valence electrons. The molecule has 0 aliphatic rings. The van der Waals surface area contributed by atoms with Crippen molar-refractivity contribution < 1.29 is 4.74 Å². The van der Waals surface area contributed by atoms with Crippen molar-refractivity contribution in [2.45, 2.75) is 17.9 Å². The molecule has 0 aliphatic heterocycles. The van der Waals surface area contributed by atoms with Gasteiger partial charge in [0.1, 0.15) is 5.75 Å². The van der Waals surface area contributed by atoms with Crippen LogP contribution in [0, 0.1) is 6.92 Å². The lowest BCUT2D eigenvalue weighted by atomic mass is 10.1. The Morgan fingerprint density at radius 1 is 1.25 bits per heavy atom. The van der Waals surface area contributed by atoms with Gasteiger partial charge in [-0.1, -0.05) is 41.4 Å². The summed E-state index contributed by atoms with van der Waals surface area (Å²) in [5.74, 6) is 1.59. The van der Waals surface area contributed by atoms with Crippen LogP contribution in [0.1, 0.15) is 17.2 Å². The van der Waals surface area contributed by atoms with E-state index in [1.807, 2.05) is 36.4 Å². The molecule has 0 bridgehead atoms. The van der Waals surface area contributed by atoms with Gasteiger partial charge >= 0.3 is 0 Å². The van der Waals surface area contributed by atoms with Gasteiger partial charge in [0.25, 0.3) is 0 Å².